The zero-order valence-electron chi connectivity index (χ0n) is 9.23. The molecule has 0 amide bonds. The number of aromatic amines is 1. The van der Waals surface area contributed by atoms with Crippen molar-refractivity contribution in [1.29, 1.82) is 5.26 Å². The van der Waals surface area contributed by atoms with Gasteiger partial charge in [-0.25, -0.2) is 0 Å². The van der Waals surface area contributed by atoms with E-state index in [-0.39, 0.29) is 0 Å². The summed E-state index contributed by atoms with van der Waals surface area (Å²) in [4.78, 5) is 14.3. The number of H-pyrrole nitrogens is 1. The molecule has 0 spiro atoms. The summed E-state index contributed by atoms with van der Waals surface area (Å²) in [6, 6.07) is 6.39. The number of carbonyl (C=O) groups is 1. The molecule has 5 nitrogen and oxygen atoms in total. The lowest BCUT2D eigenvalue weighted by atomic mass is 10.1. The van der Waals surface area contributed by atoms with E-state index in [1.165, 1.54) is 7.11 Å². The van der Waals surface area contributed by atoms with Crippen molar-refractivity contribution in [3.63, 3.8) is 0 Å². The fourth-order valence-electron chi connectivity index (χ4n) is 1.73. The SMILES string of the molecule is COC(=O)C(N)c1c[nH]c2cc(C#N)ccc12. The quantitative estimate of drug-likeness (QED) is 0.757. The van der Waals surface area contributed by atoms with E-state index in [4.69, 9.17) is 11.0 Å². The van der Waals surface area contributed by atoms with E-state index in [0.717, 1.165) is 10.9 Å². The van der Waals surface area contributed by atoms with E-state index in [1.807, 2.05) is 6.07 Å². The van der Waals surface area contributed by atoms with Crippen LogP contribution < -0.4 is 5.73 Å². The number of nitriles is 1. The number of fused-ring (bicyclic) bond motifs is 1. The molecule has 0 saturated carbocycles. The Hall–Kier alpha value is -2.32. The summed E-state index contributed by atoms with van der Waals surface area (Å²) < 4.78 is 4.60. The van der Waals surface area contributed by atoms with Gasteiger partial charge in [0.15, 0.2) is 0 Å². The van der Waals surface area contributed by atoms with E-state index in [9.17, 15) is 4.79 Å². The highest BCUT2D eigenvalue weighted by Crippen LogP contribution is 2.24. The van der Waals surface area contributed by atoms with Crippen molar-refractivity contribution < 1.29 is 9.53 Å². The standard InChI is InChI=1S/C12H11N3O2/c1-17-12(16)11(14)9-6-15-10-4-7(5-13)2-3-8(9)10/h2-4,6,11,15H,14H2,1H3. The molecule has 1 heterocycles. The molecule has 0 aliphatic rings. The summed E-state index contributed by atoms with van der Waals surface area (Å²) in [5.41, 5.74) is 7.76. The van der Waals surface area contributed by atoms with Gasteiger partial charge in [-0.15, -0.1) is 0 Å². The predicted molar refractivity (Wildman–Crippen MR) is 62.0 cm³/mol. The first-order valence-corrected chi connectivity index (χ1v) is 5.02. The molecule has 0 bridgehead atoms. The Morgan fingerprint density at radius 2 is 2.35 bits per heavy atom. The average molecular weight is 229 g/mol. The van der Waals surface area contributed by atoms with Gasteiger partial charge in [0.2, 0.25) is 0 Å². The summed E-state index contributed by atoms with van der Waals surface area (Å²) in [7, 11) is 1.30. The first-order valence-electron chi connectivity index (χ1n) is 5.02. The molecular formula is C12H11N3O2. The number of benzene rings is 1. The van der Waals surface area contributed by atoms with Crippen molar-refractivity contribution >= 4 is 16.9 Å². The molecule has 0 aliphatic carbocycles. The maximum atomic E-state index is 11.4. The largest absolute Gasteiger partial charge is 0.468 e. The van der Waals surface area contributed by atoms with E-state index in [2.05, 4.69) is 9.72 Å². The van der Waals surface area contributed by atoms with Crippen LogP contribution >= 0.6 is 0 Å². The van der Waals surface area contributed by atoms with Crippen LogP contribution in [-0.2, 0) is 9.53 Å². The number of methoxy groups -OCH3 is 1. The van der Waals surface area contributed by atoms with Gasteiger partial charge < -0.3 is 15.5 Å². The lowest BCUT2D eigenvalue weighted by Crippen LogP contribution is -2.22. The Morgan fingerprint density at radius 3 is 3.00 bits per heavy atom. The van der Waals surface area contributed by atoms with Crippen molar-refractivity contribution in [3.05, 3.63) is 35.5 Å². The third-order valence-corrected chi connectivity index (χ3v) is 2.63. The van der Waals surface area contributed by atoms with Gasteiger partial charge >= 0.3 is 5.97 Å². The lowest BCUT2D eigenvalue weighted by molar-refractivity contribution is -0.142. The first-order chi connectivity index (χ1) is 8.17. The minimum absolute atomic E-state index is 0.491. The van der Waals surface area contributed by atoms with Gasteiger partial charge in [-0.3, -0.25) is 4.79 Å². The van der Waals surface area contributed by atoms with Gasteiger partial charge in [-0.1, -0.05) is 6.07 Å². The second kappa shape index (κ2) is 4.28. The number of carbonyl (C=O) groups excluding carboxylic acids is 1. The first kappa shape index (κ1) is 11.2. The van der Waals surface area contributed by atoms with Crippen LogP contribution in [0.4, 0.5) is 0 Å². The molecule has 1 atom stereocenters. The maximum absolute atomic E-state index is 11.4. The van der Waals surface area contributed by atoms with Crippen LogP contribution in [0.5, 0.6) is 0 Å². The Bertz CT molecular complexity index is 610. The fraction of sp³-hybridized carbons (Fsp3) is 0.167. The minimum atomic E-state index is -0.818. The third kappa shape index (κ3) is 1.86. The number of nitrogens with two attached hydrogens (primary N) is 1. The average Bonchev–Trinajstić information content (AvgIpc) is 2.79. The predicted octanol–water partition coefficient (Wildman–Crippen LogP) is 1.21. The molecule has 1 aromatic heterocycles. The van der Waals surface area contributed by atoms with Crippen molar-refractivity contribution in [2.24, 2.45) is 5.73 Å². The fourth-order valence-corrected chi connectivity index (χ4v) is 1.73. The van der Waals surface area contributed by atoms with Crippen LogP contribution in [0.2, 0.25) is 0 Å². The van der Waals surface area contributed by atoms with Crippen molar-refractivity contribution in [2.45, 2.75) is 6.04 Å². The van der Waals surface area contributed by atoms with Crippen molar-refractivity contribution in [3.8, 4) is 6.07 Å². The van der Waals surface area contributed by atoms with Crippen LogP contribution in [0.1, 0.15) is 17.2 Å². The molecule has 86 valence electrons. The normalized spacial score (nSPS) is 12.1. The number of ether oxygens (including phenoxy) is 1. The second-order valence-electron chi connectivity index (χ2n) is 3.62. The van der Waals surface area contributed by atoms with Gasteiger partial charge in [0.05, 0.1) is 18.7 Å². The summed E-state index contributed by atoms with van der Waals surface area (Å²) in [5.74, 6) is -0.491. The zero-order valence-corrected chi connectivity index (χ0v) is 9.23. The van der Waals surface area contributed by atoms with Gasteiger partial charge in [0, 0.05) is 22.7 Å². The molecule has 1 unspecified atom stereocenters. The second-order valence-corrected chi connectivity index (χ2v) is 3.62. The molecule has 2 aromatic rings. The maximum Gasteiger partial charge on any atom is 0.327 e. The Morgan fingerprint density at radius 1 is 1.59 bits per heavy atom. The van der Waals surface area contributed by atoms with E-state index in [0.29, 0.717) is 11.1 Å². The van der Waals surface area contributed by atoms with Crippen LogP contribution in [0.3, 0.4) is 0 Å². The number of hydrogen-bond acceptors (Lipinski definition) is 4. The van der Waals surface area contributed by atoms with Crippen LogP contribution in [-0.4, -0.2) is 18.1 Å². The highest BCUT2D eigenvalue weighted by Gasteiger charge is 2.19. The summed E-state index contributed by atoms with van der Waals surface area (Å²) in [6.45, 7) is 0. The molecule has 0 radical (unpaired) electrons. The monoisotopic (exact) mass is 229 g/mol. The van der Waals surface area contributed by atoms with Crippen LogP contribution in [0, 0.1) is 11.3 Å². The molecule has 5 heteroatoms. The molecule has 1 aromatic carbocycles. The van der Waals surface area contributed by atoms with E-state index < -0.39 is 12.0 Å². The number of esters is 1. The summed E-state index contributed by atoms with van der Waals surface area (Å²) in [5, 5.41) is 9.60. The Kier molecular flexibility index (Phi) is 2.81. The van der Waals surface area contributed by atoms with Crippen LogP contribution in [0.25, 0.3) is 10.9 Å². The van der Waals surface area contributed by atoms with Gasteiger partial charge in [-0.05, 0) is 12.1 Å². The molecule has 3 N–H and O–H groups in total. The van der Waals surface area contributed by atoms with E-state index >= 15 is 0 Å². The molecule has 0 fully saturated rings. The number of aromatic nitrogens is 1. The summed E-state index contributed by atoms with van der Waals surface area (Å²) >= 11 is 0. The van der Waals surface area contributed by atoms with E-state index in [1.54, 1.807) is 24.4 Å². The topological polar surface area (TPSA) is 91.9 Å². The van der Waals surface area contributed by atoms with Crippen molar-refractivity contribution in [1.82, 2.24) is 4.98 Å². The molecule has 2 rings (SSSR count). The van der Waals surface area contributed by atoms with Gasteiger partial charge in [0.25, 0.3) is 0 Å². The highest BCUT2D eigenvalue weighted by molar-refractivity contribution is 5.90. The molecule has 0 saturated heterocycles. The zero-order chi connectivity index (χ0) is 12.4. The molecule has 0 aliphatic heterocycles. The van der Waals surface area contributed by atoms with Gasteiger partial charge in [0.1, 0.15) is 6.04 Å². The summed E-state index contributed by atoms with van der Waals surface area (Å²) in [6.07, 6.45) is 1.66. The molecule has 17 heavy (non-hydrogen) atoms. The van der Waals surface area contributed by atoms with Crippen molar-refractivity contribution in [2.75, 3.05) is 7.11 Å². The Labute approximate surface area is 97.8 Å². The third-order valence-electron chi connectivity index (χ3n) is 2.63. The lowest BCUT2D eigenvalue weighted by Gasteiger charge is -2.07. The number of hydrogen-bond donors (Lipinski definition) is 2. The Balaban J connectivity index is 2.51. The number of rotatable bonds is 2. The van der Waals surface area contributed by atoms with Gasteiger partial charge in [-0.2, -0.15) is 5.26 Å². The number of nitrogens with one attached hydrogen (secondary N) is 1. The number of nitrogens with zero attached hydrogens (tertiary/aromatic N) is 1. The van der Waals surface area contributed by atoms with Crippen LogP contribution in [0.15, 0.2) is 24.4 Å². The smallest absolute Gasteiger partial charge is 0.327 e. The highest BCUT2D eigenvalue weighted by atomic mass is 16.5. The minimum Gasteiger partial charge on any atom is -0.468 e. The molecular weight excluding hydrogens is 218 g/mol.